The lowest BCUT2D eigenvalue weighted by molar-refractivity contribution is -0.150. The number of nitrogens with one attached hydrogen (secondary N) is 1. The molecule has 0 amide bonds. The fraction of sp³-hybridized carbons (Fsp3) is 0.533. The van der Waals surface area contributed by atoms with Gasteiger partial charge in [0.2, 0.25) is 0 Å². The minimum Gasteiger partial charge on any atom is -0.497 e. The molecule has 0 bridgehead atoms. The van der Waals surface area contributed by atoms with Crippen molar-refractivity contribution in [3.05, 3.63) is 23.8 Å². The van der Waals surface area contributed by atoms with Crippen LogP contribution in [0.4, 0.5) is 0 Å². The highest BCUT2D eigenvalue weighted by atomic mass is 16.6. The summed E-state index contributed by atoms with van der Waals surface area (Å²) in [4.78, 5) is 11.6. The molecule has 0 aliphatic rings. The van der Waals surface area contributed by atoms with E-state index in [9.17, 15) is 4.79 Å². The van der Waals surface area contributed by atoms with Gasteiger partial charge in [-0.25, -0.2) is 4.79 Å². The third-order valence-electron chi connectivity index (χ3n) is 2.76. The Hall–Kier alpha value is -1.75. The lowest BCUT2D eigenvalue weighted by atomic mass is 10.2. The number of carbonyl (C=O) groups is 1. The topological polar surface area (TPSA) is 56.8 Å². The molecule has 0 heterocycles. The van der Waals surface area contributed by atoms with Gasteiger partial charge in [0.15, 0.2) is 6.10 Å². The molecule has 5 nitrogen and oxygen atoms in total. The molecule has 112 valence electrons. The minimum absolute atomic E-state index is 0.342. The molecule has 1 N–H and O–H groups in total. The molecule has 5 heteroatoms. The Balaban J connectivity index is 2.86. The molecule has 20 heavy (non-hydrogen) atoms. The predicted molar refractivity (Wildman–Crippen MR) is 77.1 cm³/mol. The number of hydrogen-bond acceptors (Lipinski definition) is 5. The summed E-state index contributed by atoms with van der Waals surface area (Å²) in [5, 5.41) is 3.23. The number of carbonyl (C=O) groups excluding carboxylic acids is 1. The van der Waals surface area contributed by atoms with Crippen LogP contribution in [0.1, 0.15) is 26.3 Å². The Bertz CT molecular complexity index is 434. The first-order chi connectivity index (χ1) is 9.62. The van der Waals surface area contributed by atoms with E-state index < -0.39 is 6.10 Å². The summed E-state index contributed by atoms with van der Waals surface area (Å²) >= 11 is 0. The zero-order valence-electron chi connectivity index (χ0n) is 12.6. The zero-order valence-corrected chi connectivity index (χ0v) is 12.6. The Kier molecular flexibility index (Phi) is 6.87. The van der Waals surface area contributed by atoms with Crippen molar-refractivity contribution in [2.24, 2.45) is 0 Å². The molecule has 0 saturated heterocycles. The van der Waals surface area contributed by atoms with E-state index in [1.807, 2.05) is 19.1 Å². The van der Waals surface area contributed by atoms with E-state index in [1.165, 1.54) is 0 Å². The van der Waals surface area contributed by atoms with Gasteiger partial charge in [0.1, 0.15) is 11.5 Å². The van der Waals surface area contributed by atoms with Gasteiger partial charge in [-0.15, -0.1) is 0 Å². The smallest absolute Gasteiger partial charge is 0.347 e. The van der Waals surface area contributed by atoms with Gasteiger partial charge >= 0.3 is 5.97 Å². The molecular weight excluding hydrogens is 258 g/mol. The fourth-order valence-electron chi connectivity index (χ4n) is 1.68. The molecule has 0 aliphatic heterocycles. The van der Waals surface area contributed by atoms with Crippen molar-refractivity contribution in [1.82, 2.24) is 5.32 Å². The third kappa shape index (κ3) is 4.74. The van der Waals surface area contributed by atoms with E-state index in [2.05, 4.69) is 5.32 Å². The maximum Gasteiger partial charge on any atom is 0.347 e. The SMILES string of the molecule is CCNCc1ccc(OC)cc1OC(C)C(=O)OCC. The van der Waals surface area contributed by atoms with Crippen molar-refractivity contribution in [2.45, 2.75) is 33.4 Å². The summed E-state index contributed by atoms with van der Waals surface area (Å²) < 4.78 is 15.8. The molecule has 0 radical (unpaired) electrons. The second-order valence-electron chi connectivity index (χ2n) is 4.27. The van der Waals surface area contributed by atoms with Crippen LogP contribution in [0.25, 0.3) is 0 Å². The molecular formula is C15H23NO4. The van der Waals surface area contributed by atoms with Gasteiger partial charge in [0, 0.05) is 18.2 Å². The van der Waals surface area contributed by atoms with E-state index >= 15 is 0 Å². The quantitative estimate of drug-likeness (QED) is 0.740. The van der Waals surface area contributed by atoms with E-state index in [4.69, 9.17) is 14.2 Å². The van der Waals surface area contributed by atoms with Crippen LogP contribution in [0, 0.1) is 0 Å². The molecule has 1 atom stereocenters. The van der Waals surface area contributed by atoms with E-state index in [0.29, 0.717) is 24.7 Å². The van der Waals surface area contributed by atoms with Gasteiger partial charge in [0.25, 0.3) is 0 Å². The van der Waals surface area contributed by atoms with Crippen molar-refractivity contribution in [3.8, 4) is 11.5 Å². The molecule has 0 fully saturated rings. The average molecular weight is 281 g/mol. The van der Waals surface area contributed by atoms with E-state index in [1.54, 1.807) is 27.0 Å². The van der Waals surface area contributed by atoms with Crippen molar-refractivity contribution in [3.63, 3.8) is 0 Å². The maximum absolute atomic E-state index is 11.6. The number of ether oxygens (including phenoxy) is 3. The van der Waals surface area contributed by atoms with Crippen molar-refractivity contribution >= 4 is 5.97 Å². The summed E-state index contributed by atoms with van der Waals surface area (Å²) in [5.41, 5.74) is 0.976. The Morgan fingerprint density at radius 2 is 2.10 bits per heavy atom. The summed E-state index contributed by atoms with van der Waals surface area (Å²) in [6.07, 6.45) is -0.651. The molecule has 1 aromatic carbocycles. The van der Waals surface area contributed by atoms with Crippen LogP contribution in [-0.2, 0) is 16.1 Å². The van der Waals surface area contributed by atoms with Gasteiger partial charge in [-0.05, 0) is 26.5 Å². The van der Waals surface area contributed by atoms with Gasteiger partial charge in [0.05, 0.1) is 13.7 Å². The molecule has 1 rings (SSSR count). The van der Waals surface area contributed by atoms with Gasteiger partial charge in [-0.1, -0.05) is 13.0 Å². The minimum atomic E-state index is -0.651. The lowest BCUT2D eigenvalue weighted by Gasteiger charge is -2.17. The number of hydrogen-bond donors (Lipinski definition) is 1. The van der Waals surface area contributed by atoms with Crippen molar-refractivity contribution in [1.29, 1.82) is 0 Å². The summed E-state index contributed by atoms with van der Waals surface area (Å²) in [7, 11) is 1.60. The van der Waals surface area contributed by atoms with Crippen LogP contribution >= 0.6 is 0 Å². The first-order valence-electron chi connectivity index (χ1n) is 6.83. The standard InChI is InChI=1S/C15H23NO4/c1-5-16-10-12-7-8-13(18-4)9-14(12)20-11(3)15(17)19-6-2/h7-9,11,16H,5-6,10H2,1-4H3. The Morgan fingerprint density at radius 3 is 2.70 bits per heavy atom. The molecule has 0 spiro atoms. The number of benzene rings is 1. The van der Waals surface area contributed by atoms with E-state index in [-0.39, 0.29) is 5.97 Å². The second-order valence-corrected chi connectivity index (χ2v) is 4.27. The van der Waals surface area contributed by atoms with Crippen LogP contribution in [0.2, 0.25) is 0 Å². The molecule has 0 saturated carbocycles. The molecule has 1 aromatic rings. The number of rotatable bonds is 8. The Morgan fingerprint density at radius 1 is 1.35 bits per heavy atom. The molecule has 0 aromatic heterocycles. The van der Waals surface area contributed by atoms with E-state index in [0.717, 1.165) is 12.1 Å². The highest BCUT2D eigenvalue weighted by Gasteiger charge is 2.17. The van der Waals surface area contributed by atoms with Gasteiger partial charge in [-0.3, -0.25) is 0 Å². The van der Waals surface area contributed by atoms with Crippen molar-refractivity contribution < 1.29 is 19.0 Å². The normalized spacial score (nSPS) is 11.8. The maximum atomic E-state index is 11.6. The Labute approximate surface area is 120 Å². The second kappa shape index (κ2) is 8.43. The highest BCUT2D eigenvalue weighted by Crippen LogP contribution is 2.26. The van der Waals surface area contributed by atoms with Crippen LogP contribution in [0.3, 0.4) is 0 Å². The van der Waals surface area contributed by atoms with Crippen LogP contribution in [-0.4, -0.2) is 32.3 Å². The average Bonchev–Trinajstić information content (AvgIpc) is 2.46. The predicted octanol–water partition coefficient (Wildman–Crippen LogP) is 2.14. The summed E-state index contributed by atoms with van der Waals surface area (Å²) in [6, 6.07) is 5.58. The first kappa shape index (κ1) is 16.3. The van der Waals surface area contributed by atoms with Crippen LogP contribution < -0.4 is 14.8 Å². The highest BCUT2D eigenvalue weighted by molar-refractivity contribution is 5.74. The monoisotopic (exact) mass is 281 g/mol. The zero-order chi connectivity index (χ0) is 15.0. The molecule has 1 unspecified atom stereocenters. The summed E-state index contributed by atoms with van der Waals surface area (Å²) in [5.74, 6) is 0.951. The first-order valence-corrected chi connectivity index (χ1v) is 6.83. The van der Waals surface area contributed by atoms with Crippen LogP contribution in [0.5, 0.6) is 11.5 Å². The van der Waals surface area contributed by atoms with Gasteiger partial charge < -0.3 is 19.5 Å². The molecule has 0 aliphatic carbocycles. The lowest BCUT2D eigenvalue weighted by Crippen LogP contribution is -2.26. The third-order valence-corrected chi connectivity index (χ3v) is 2.76. The number of methoxy groups -OCH3 is 1. The summed E-state index contributed by atoms with van der Waals surface area (Å²) in [6.45, 7) is 7.35. The largest absolute Gasteiger partial charge is 0.497 e. The fourth-order valence-corrected chi connectivity index (χ4v) is 1.68. The van der Waals surface area contributed by atoms with Crippen LogP contribution in [0.15, 0.2) is 18.2 Å². The van der Waals surface area contributed by atoms with Gasteiger partial charge in [-0.2, -0.15) is 0 Å². The number of esters is 1. The van der Waals surface area contributed by atoms with Crippen molar-refractivity contribution in [2.75, 3.05) is 20.3 Å².